The molecular formula is C26H23IN2O3. The van der Waals surface area contributed by atoms with Crippen LogP contribution >= 0.6 is 22.6 Å². The Kier molecular flexibility index (Phi) is 7.90. The van der Waals surface area contributed by atoms with Crippen molar-refractivity contribution in [3.8, 4) is 17.6 Å². The number of benzene rings is 3. The second kappa shape index (κ2) is 10.8. The van der Waals surface area contributed by atoms with E-state index in [1.807, 2.05) is 68.4 Å². The average Bonchev–Trinajstić information content (AvgIpc) is 2.79. The van der Waals surface area contributed by atoms with Gasteiger partial charge in [0.15, 0.2) is 11.5 Å². The van der Waals surface area contributed by atoms with Crippen LogP contribution in [0.2, 0.25) is 0 Å². The summed E-state index contributed by atoms with van der Waals surface area (Å²) in [5.74, 6) is 0.691. The summed E-state index contributed by atoms with van der Waals surface area (Å²) >= 11 is 2.16. The molecule has 3 rings (SSSR count). The van der Waals surface area contributed by atoms with Crippen LogP contribution in [-0.2, 0) is 11.4 Å². The smallest absolute Gasteiger partial charge is 0.266 e. The van der Waals surface area contributed by atoms with Crippen molar-refractivity contribution in [1.82, 2.24) is 0 Å². The third-order valence-electron chi connectivity index (χ3n) is 4.82. The largest absolute Gasteiger partial charge is 0.493 e. The molecule has 0 bridgehead atoms. The van der Waals surface area contributed by atoms with Crippen molar-refractivity contribution in [1.29, 1.82) is 5.26 Å². The van der Waals surface area contributed by atoms with Crippen LogP contribution in [-0.4, -0.2) is 13.0 Å². The zero-order valence-corrected chi connectivity index (χ0v) is 20.3. The van der Waals surface area contributed by atoms with Gasteiger partial charge in [-0.15, -0.1) is 0 Å². The highest BCUT2D eigenvalue weighted by molar-refractivity contribution is 14.1. The fraction of sp³-hybridized carbons (Fsp3) is 0.154. The first kappa shape index (κ1) is 23.4. The number of halogens is 1. The Morgan fingerprint density at radius 3 is 2.50 bits per heavy atom. The molecule has 0 aliphatic heterocycles. The molecule has 0 saturated carbocycles. The standard InChI is InChI=1S/C26H23IN2O3/c1-17-8-10-19(11-9-17)16-32-25-22(27)13-20(14-24(25)31-3)12-21(15-28)26(30)29-23-7-5-4-6-18(23)2/h4-14H,16H2,1-3H3,(H,29,30)/b21-12-. The summed E-state index contributed by atoms with van der Waals surface area (Å²) in [6.07, 6.45) is 1.54. The first-order valence-electron chi connectivity index (χ1n) is 9.96. The summed E-state index contributed by atoms with van der Waals surface area (Å²) in [5, 5.41) is 12.3. The predicted octanol–water partition coefficient (Wildman–Crippen LogP) is 6.04. The SMILES string of the molecule is COc1cc(/C=C(/C#N)C(=O)Nc2ccccc2C)cc(I)c1OCc1ccc(C)cc1. The summed E-state index contributed by atoms with van der Waals surface area (Å²) in [7, 11) is 1.56. The minimum absolute atomic E-state index is 0.000528. The summed E-state index contributed by atoms with van der Waals surface area (Å²) in [6.45, 7) is 4.34. The first-order valence-corrected chi connectivity index (χ1v) is 11.0. The lowest BCUT2D eigenvalue weighted by molar-refractivity contribution is -0.112. The molecule has 0 spiro atoms. The molecule has 0 aliphatic rings. The van der Waals surface area contributed by atoms with Crippen molar-refractivity contribution >= 4 is 40.3 Å². The van der Waals surface area contributed by atoms with Gasteiger partial charge in [-0.25, -0.2) is 0 Å². The van der Waals surface area contributed by atoms with E-state index in [9.17, 15) is 10.1 Å². The lowest BCUT2D eigenvalue weighted by atomic mass is 10.1. The van der Waals surface area contributed by atoms with Gasteiger partial charge in [-0.3, -0.25) is 4.79 Å². The van der Waals surface area contributed by atoms with E-state index in [1.54, 1.807) is 25.3 Å². The molecule has 0 aromatic heterocycles. The minimum Gasteiger partial charge on any atom is -0.493 e. The van der Waals surface area contributed by atoms with E-state index < -0.39 is 5.91 Å². The highest BCUT2D eigenvalue weighted by atomic mass is 127. The maximum atomic E-state index is 12.6. The average molecular weight is 538 g/mol. The van der Waals surface area contributed by atoms with Gasteiger partial charge in [0.2, 0.25) is 0 Å². The highest BCUT2D eigenvalue weighted by Crippen LogP contribution is 2.35. The molecule has 5 nitrogen and oxygen atoms in total. The number of hydrogen-bond acceptors (Lipinski definition) is 4. The molecule has 6 heteroatoms. The van der Waals surface area contributed by atoms with Gasteiger partial charge in [-0.2, -0.15) is 5.26 Å². The lowest BCUT2D eigenvalue weighted by Gasteiger charge is -2.14. The Hall–Kier alpha value is -3.31. The topological polar surface area (TPSA) is 71.3 Å². The summed E-state index contributed by atoms with van der Waals surface area (Å²) in [5.41, 5.74) is 4.51. The van der Waals surface area contributed by atoms with E-state index in [4.69, 9.17) is 9.47 Å². The van der Waals surface area contributed by atoms with Crippen LogP contribution in [0.1, 0.15) is 22.3 Å². The van der Waals surface area contributed by atoms with Crippen molar-refractivity contribution < 1.29 is 14.3 Å². The van der Waals surface area contributed by atoms with E-state index >= 15 is 0 Å². The number of carbonyl (C=O) groups excluding carboxylic acids is 1. The number of hydrogen-bond donors (Lipinski definition) is 1. The van der Waals surface area contributed by atoms with Crippen LogP contribution in [0, 0.1) is 28.7 Å². The summed E-state index contributed by atoms with van der Waals surface area (Å²) in [6, 6.07) is 21.2. The number of nitrogens with one attached hydrogen (secondary N) is 1. The Bertz CT molecular complexity index is 1190. The molecular weight excluding hydrogens is 515 g/mol. The number of nitrogens with zero attached hydrogens (tertiary/aromatic N) is 1. The molecule has 0 radical (unpaired) electrons. The van der Waals surface area contributed by atoms with Crippen molar-refractivity contribution in [2.75, 3.05) is 12.4 Å². The molecule has 0 unspecified atom stereocenters. The number of para-hydroxylation sites is 1. The molecule has 32 heavy (non-hydrogen) atoms. The molecule has 0 fully saturated rings. The fourth-order valence-electron chi connectivity index (χ4n) is 3.02. The first-order chi connectivity index (χ1) is 15.4. The van der Waals surface area contributed by atoms with Crippen molar-refractivity contribution in [2.24, 2.45) is 0 Å². The maximum absolute atomic E-state index is 12.6. The molecule has 162 valence electrons. The van der Waals surface area contributed by atoms with Crippen LogP contribution in [0.3, 0.4) is 0 Å². The molecule has 0 aliphatic carbocycles. The molecule has 3 aromatic rings. The van der Waals surface area contributed by atoms with Crippen molar-refractivity contribution in [3.05, 3.63) is 92.1 Å². The van der Waals surface area contributed by atoms with Gasteiger partial charge in [-0.05, 0) is 77.4 Å². The van der Waals surface area contributed by atoms with Gasteiger partial charge in [-0.1, -0.05) is 48.0 Å². The normalized spacial score (nSPS) is 10.9. The number of amides is 1. The number of aryl methyl sites for hydroxylation is 2. The van der Waals surface area contributed by atoms with E-state index in [2.05, 4.69) is 27.9 Å². The quantitative estimate of drug-likeness (QED) is 0.226. The lowest BCUT2D eigenvalue weighted by Crippen LogP contribution is -2.14. The second-order valence-electron chi connectivity index (χ2n) is 7.25. The van der Waals surface area contributed by atoms with Crippen LogP contribution in [0.25, 0.3) is 6.08 Å². The number of rotatable bonds is 7. The monoisotopic (exact) mass is 538 g/mol. The zero-order valence-electron chi connectivity index (χ0n) is 18.1. The van der Waals surface area contributed by atoms with Gasteiger partial charge in [0.1, 0.15) is 18.2 Å². The van der Waals surface area contributed by atoms with Crippen LogP contribution < -0.4 is 14.8 Å². The summed E-state index contributed by atoms with van der Waals surface area (Å²) < 4.78 is 12.3. The highest BCUT2D eigenvalue weighted by Gasteiger charge is 2.15. The second-order valence-corrected chi connectivity index (χ2v) is 8.41. The minimum atomic E-state index is -0.463. The fourth-order valence-corrected chi connectivity index (χ4v) is 3.80. The maximum Gasteiger partial charge on any atom is 0.266 e. The number of nitriles is 1. The Morgan fingerprint density at radius 2 is 1.84 bits per heavy atom. The van der Waals surface area contributed by atoms with Gasteiger partial charge in [0.05, 0.1) is 10.7 Å². The van der Waals surface area contributed by atoms with Gasteiger partial charge < -0.3 is 14.8 Å². The van der Waals surface area contributed by atoms with E-state index in [0.29, 0.717) is 29.4 Å². The van der Waals surface area contributed by atoms with Crippen LogP contribution in [0.5, 0.6) is 11.5 Å². The Labute approximate surface area is 201 Å². The molecule has 0 heterocycles. The van der Waals surface area contributed by atoms with Crippen LogP contribution in [0.15, 0.2) is 66.2 Å². The van der Waals surface area contributed by atoms with Crippen LogP contribution in [0.4, 0.5) is 5.69 Å². The number of ether oxygens (including phenoxy) is 2. The molecule has 0 atom stereocenters. The number of methoxy groups -OCH3 is 1. The van der Waals surface area contributed by atoms with Gasteiger partial charge in [0, 0.05) is 5.69 Å². The zero-order chi connectivity index (χ0) is 23.1. The predicted molar refractivity (Wildman–Crippen MR) is 135 cm³/mol. The van der Waals surface area contributed by atoms with Gasteiger partial charge in [0.25, 0.3) is 5.91 Å². The Balaban J connectivity index is 1.82. The summed E-state index contributed by atoms with van der Waals surface area (Å²) in [4.78, 5) is 12.6. The Morgan fingerprint density at radius 1 is 1.12 bits per heavy atom. The van der Waals surface area contributed by atoms with Crippen molar-refractivity contribution in [3.63, 3.8) is 0 Å². The van der Waals surface area contributed by atoms with E-state index in [-0.39, 0.29) is 5.57 Å². The molecule has 1 N–H and O–H groups in total. The van der Waals surface area contributed by atoms with E-state index in [1.165, 1.54) is 5.56 Å². The third kappa shape index (κ3) is 5.89. The van der Waals surface area contributed by atoms with E-state index in [0.717, 1.165) is 14.7 Å². The third-order valence-corrected chi connectivity index (χ3v) is 5.63. The molecule has 0 saturated heterocycles. The molecule has 3 aromatic carbocycles. The number of carbonyl (C=O) groups is 1. The van der Waals surface area contributed by atoms with Crippen molar-refractivity contribution in [2.45, 2.75) is 20.5 Å². The number of anilines is 1. The van der Waals surface area contributed by atoms with Gasteiger partial charge >= 0.3 is 0 Å². The molecule has 1 amide bonds.